The van der Waals surface area contributed by atoms with Gasteiger partial charge in [-0.25, -0.2) is 8.60 Å². The lowest BCUT2D eigenvalue weighted by atomic mass is 10.1. The molecule has 0 heterocycles. The van der Waals surface area contributed by atoms with Crippen LogP contribution in [0, 0.1) is 0 Å². The highest BCUT2D eigenvalue weighted by atomic mass is 32.2. The third-order valence-corrected chi connectivity index (χ3v) is 3.29. The van der Waals surface area contributed by atoms with Crippen LogP contribution >= 0.6 is 0 Å². The molecule has 0 aliphatic carbocycles. The van der Waals surface area contributed by atoms with Crippen LogP contribution in [0.3, 0.4) is 0 Å². The first-order chi connectivity index (χ1) is 7.41. The van der Waals surface area contributed by atoms with E-state index in [1.165, 1.54) is 0 Å². The topological polar surface area (TPSA) is 29.4 Å². The third-order valence-electron chi connectivity index (χ3n) is 1.93. The summed E-state index contributed by atoms with van der Waals surface area (Å²) in [5, 5.41) is 0. The van der Waals surface area contributed by atoms with Gasteiger partial charge in [0.2, 0.25) is 0 Å². The summed E-state index contributed by atoms with van der Waals surface area (Å²) in [6.07, 6.45) is -0.191. The zero-order valence-electron chi connectivity index (χ0n) is 9.68. The number of nitrogens with zero attached hydrogens (tertiary/aromatic N) is 1. The van der Waals surface area contributed by atoms with Crippen LogP contribution in [0.5, 0.6) is 0 Å². The van der Waals surface area contributed by atoms with Crippen LogP contribution in [0.2, 0.25) is 0 Å². The molecule has 0 aromatic heterocycles. The van der Waals surface area contributed by atoms with Crippen molar-refractivity contribution in [2.24, 2.45) is 4.40 Å². The van der Waals surface area contributed by atoms with E-state index in [-0.39, 0.29) is 0 Å². The Morgan fingerprint density at radius 1 is 1.31 bits per heavy atom. The molecule has 1 unspecified atom stereocenters. The lowest BCUT2D eigenvalue weighted by molar-refractivity contribution is 0.447. The van der Waals surface area contributed by atoms with Crippen LogP contribution in [0.1, 0.15) is 32.5 Å². The average Bonchev–Trinajstić information content (AvgIpc) is 2.25. The summed E-state index contributed by atoms with van der Waals surface area (Å²) in [6.45, 7) is 5.41. The van der Waals surface area contributed by atoms with Gasteiger partial charge in [0.25, 0.3) is 0 Å². The SMILES string of the molecule is CC(C)(C)[S@@](=O)N=CC(F)c1ccccc1. The summed E-state index contributed by atoms with van der Waals surface area (Å²) in [7, 11) is -1.40. The molecule has 0 saturated carbocycles. The lowest BCUT2D eigenvalue weighted by Crippen LogP contribution is -2.19. The Hall–Kier alpha value is -1.03. The van der Waals surface area contributed by atoms with Gasteiger partial charge < -0.3 is 0 Å². The van der Waals surface area contributed by atoms with Crippen LogP contribution in [-0.4, -0.2) is 15.2 Å². The number of rotatable bonds is 3. The zero-order valence-corrected chi connectivity index (χ0v) is 10.5. The van der Waals surface area contributed by atoms with Gasteiger partial charge in [-0.3, -0.25) is 0 Å². The van der Waals surface area contributed by atoms with Crippen molar-refractivity contribution in [1.29, 1.82) is 0 Å². The van der Waals surface area contributed by atoms with E-state index < -0.39 is 21.9 Å². The first kappa shape index (κ1) is 13.0. The van der Waals surface area contributed by atoms with Gasteiger partial charge in [0, 0.05) is 0 Å². The largest absolute Gasteiger partial charge is 0.236 e. The maximum absolute atomic E-state index is 13.6. The van der Waals surface area contributed by atoms with E-state index in [2.05, 4.69) is 4.40 Å². The Morgan fingerprint density at radius 2 is 1.88 bits per heavy atom. The predicted molar refractivity (Wildman–Crippen MR) is 66.7 cm³/mol. The van der Waals surface area contributed by atoms with Crippen LogP contribution in [-0.2, 0) is 11.0 Å². The first-order valence-corrected chi connectivity index (χ1v) is 6.17. The Morgan fingerprint density at radius 3 is 2.38 bits per heavy atom. The highest BCUT2D eigenvalue weighted by Gasteiger charge is 2.18. The van der Waals surface area contributed by atoms with Crippen molar-refractivity contribution in [2.45, 2.75) is 31.7 Å². The van der Waals surface area contributed by atoms with Gasteiger partial charge in [-0.05, 0) is 26.3 Å². The predicted octanol–water partition coefficient (Wildman–Crippen LogP) is 3.23. The minimum atomic E-state index is -1.40. The quantitative estimate of drug-likeness (QED) is 0.747. The van der Waals surface area contributed by atoms with Crippen molar-refractivity contribution in [3.63, 3.8) is 0 Å². The smallest absolute Gasteiger partial charge is 0.161 e. The molecular weight excluding hydrogens is 225 g/mol. The molecule has 0 saturated heterocycles. The second kappa shape index (κ2) is 5.34. The van der Waals surface area contributed by atoms with Crippen LogP contribution < -0.4 is 0 Å². The molecule has 16 heavy (non-hydrogen) atoms. The van der Waals surface area contributed by atoms with Gasteiger partial charge in [0.1, 0.15) is 11.0 Å². The molecule has 2 nitrogen and oxygen atoms in total. The summed E-state index contributed by atoms with van der Waals surface area (Å²) in [6, 6.07) is 8.70. The molecule has 0 spiro atoms. The molecule has 1 aromatic rings. The Kier molecular flexibility index (Phi) is 4.35. The monoisotopic (exact) mass is 241 g/mol. The number of halogens is 1. The first-order valence-electron chi connectivity index (χ1n) is 5.06. The number of hydrogen-bond donors (Lipinski definition) is 0. The fraction of sp³-hybridized carbons (Fsp3) is 0.417. The normalized spacial score (nSPS) is 16.2. The third kappa shape index (κ3) is 3.85. The van der Waals surface area contributed by atoms with Crippen LogP contribution in [0.4, 0.5) is 4.39 Å². The van der Waals surface area contributed by atoms with E-state index >= 15 is 0 Å². The van der Waals surface area contributed by atoms with Gasteiger partial charge in [-0.15, -0.1) is 0 Å². The van der Waals surface area contributed by atoms with E-state index in [0.717, 1.165) is 6.21 Å². The van der Waals surface area contributed by atoms with Gasteiger partial charge in [0.15, 0.2) is 6.17 Å². The minimum absolute atomic E-state index is 0.451. The van der Waals surface area contributed by atoms with Gasteiger partial charge in [-0.1, -0.05) is 30.3 Å². The molecule has 4 heteroatoms. The fourth-order valence-corrected chi connectivity index (χ4v) is 1.52. The molecule has 0 aliphatic rings. The standard InChI is InChI=1S/C12H16FNOS/c1-12(2,3)16(15)14-9-11(13)10-7-5-4-6-8-10/h4-9,11H,1-3H3/t11?,16-/m1/s1. The summed E-state index contributed by atoms with van der Waals surface area (Å²) in [5.41, 5.74) is 0.525. The Labute approximate surface area is 98.2 Å². The molecule has 1 aromatic carbocycles. The maximum Gasteiger partial charge on any atom is 0.161 e. The van der Waals surface area contributed by atoms with E-state index in [0.29, 0.717) is 5.56 Å². The second-order valence-corrected chi connectivity index (χ2v) is 6.36. The van der Waals surface area contributed by atoms with Crippen molar-refractivity contribution in [1.82, 2.24) is 0 Å². The maximum atomic E-state index is 13.6. The molecule has 0 fully saturated rings. The molecule has 1 rings (SSSR count). The summed E-state index contributed by atoms with van der Waals surface area (Å²) in [5.74, 6) is 0. The number of alkyl halides is 1. The van der Waals surface area contributed by atoms with Crippen LogP contribution in [0.15, 0.2) is 34.7 Å². The Balaban J connectivity index is 2.69. The minimum Gasteiger partial charge on any atom is -0.236 e. The number of hydrogen-bond acceptors (Lipinski definition) is 1. The molecule has 2 atom stereocenters. The van der Waals surface area contributed by atoms with E-state index in [1.54, 1.807) is 45.0 Å². The highest BCUT2D eigenvalue weighted by Crippen LogP contribution is 2.17. The van der Waals surface area contributed by atoms with Crippen LogP contribution in [0.25, 0.3) is 0 Å². The summed E-state index contributed by atoms with van der Waals surface area (Å²) in [4.78, 5) is 0. The zero-order chi connectivity index (χ0) is 12.2. The van der Waals surface area contributed by atoms with Crippen molar-refractivity contribution >= 4 is 17.2 Å². The van der Waals surface area contributed by atoms with Crippen molar-refractivity contribution in [3.05, 3.63) is 35.9 Å². The van der Waals surface area contributed by atoms with Crippen molar-refractivity contribution in [3.8, 4) is 0 Å². The highest BCUT2D eigenvalue weighted by molar-refractivity contribution is 7.85. The fourth-order valence-electron chi connectivity index (χ4n) is 0.990. The molecule has 88 valence electrons. The number of benzene rings is 1. The van der Waals surface area contributed by atoms with Gasteiger partial charge in [-0.2, -0.15) is 4.40 Å². The molecule has 0 radical (unpaired) electrons. The van der Waals surface area contributed by atoms with E-state index in [9.17, 15) is 8.60 Å². The second-order valence-electron chi connectivity index (χ2n) is 4.43. The molecule has 0 aliphatic heterocycles. The molecule has 0 bridgehead atoms. The van der Waals surface area contributed by atoms with Gasteiger partial charge in [0.05, 0.1) is 11.0 Å². The average molecular weight is 241 g/mol. The van der Waals surface area contributed by atoms with E-state index in [1.807, 2.05) is 6.07 Å². The van der Waals surface area contributed by atoms with Crippen molar-refractivity contribution in [2.75, 3.05) is 0 Å². The van der Waals surface area contributed by atoms with Gasteiger partial charge >= 0.3 is 0 Å². The van der Waals surface area contributed by atoms with Crippen molar-refractivity contribution < 1.29 is 8.60 Å². The summed E-state index contributed by atoms with van der Waals surface area (Å²) < 4.78 is 28.4. The summed E-state index contributed by atoms with van der Waals surface area (Å²) >= 11 is 0. The molecule has 0 N–H and O–H groups in total. The Bertz CT molecular complexity index is 384. The molecular formula is C12H16FNOS. The van der Waals surface area contributed by atoms with E-state index in [4.69, 9.17) is 0 Å². The molecule has 0 amide bonds. The lowest BCUT2D eigenvalue weighted by Gasteiger charge is -2.13.